The molecule has 0 spiro atoms. The molecule has 0 heterocycles. The third kappa shape index (κ3) is 5.07. The molecule has 0 N–H and O–H groups in total. The number of unbranched alkanes of at least 4 members (excludes halogenated alkanes) is 1. The second-order valence-corrected chi connectivity index (χ2v) is 5.48. The van der Waals surface area contributed by atoms with Gasteiger partial charge in [0.1, 0.15) is 11.5 Å². The molecule has 105 valence electrons. The first-order valence-corrected chi connectivity index (χ1v) is 8.06. The highest BCUT2D eigenvalue weighted by molar-refractivity contribution is 6.38. The number of hydrogen-bond donors (Lipinski definition) is 0. The van der Waals surface area contributed by atoms with Gasteiger partial charge in [-0.25, -0.2) is 0 Å². The highest BCUT2D eigenvalue weighted by Gasteiger charge is 2.24. The maximum Gasteiger partial charge on any atom is 0.736 e. The van der Waals surface area contributed by atoms with Gasteiger partial charge in [-0.3, -0.25) is 0 Å². The average molecular weight is 287 g/mol. The predicted octanol–water partition coefficient (Wildman–Crippen LogP) is 3.95. The Labute approximate surface area is 122 Å². The molecular formula is C16H19O3Si. The first-order chi connectivity index (χ1) is 9.88. The van der Waals surface area contributed by atoms with Gasteiger partial charge in [0.25, 0.3) is 0 Å². The van der Waals surface area contributed by atoms with Crippen LogP contribution in [0.1, 0.15) is 19.8 Å². The van der Waals surface area contributed by atoms with Crippen LogP contribution in [0.4, 0.5) is 0 Å². The van der Waals surface area contributed by atoms with Crippen LogP contribution in [0.15, 0.2) is 60.7 Å². The molecule has 0 unspecified atom stereocenters. The molecule has 3 nitrogen and oxygen atoms in total. The van der Waals surface area contributed by atoms with E-state index in [9.17, 15) is 0 Å². The van der Waals surface area contributed by atoms with Crippen LogP contribution in [0, 0.1) is 0 Å². The van der Waals surface area contributed by atoms with Gasteiger partial charge < -0.3 is 13.3 Å². The summed E-state index contributed by atoms with van der Waals surface area (Å²) in [5.41, 5.74) is 0. The lowest BCUT2D eigenvalue weighted by Crippen LogP contribution is -2.34. The fourth-order valence-corrected chi connectivity index (χ4v) is 2.68. The van der Waals surface area contributed by atoms with Crippen molar-refractivity contribution in [3.05, 3.63) is 60.7 Å². The fraction of sp³-hybridized carbons (Fsp3) is 0.250. The van der Waals surface area contributed by atoms with Crippen molar-refractivity contribution in [2.45, 2.75) is 19.8 Å². The quantitative estimate of drug-likeness (QED) is 0.543. The smallest absolute Gasteiger partial charge is 0.489 e. The number of hydrogen-bond acceptors (Lipinski definition) is 3. The molecule has 1 radical (unpaired) electrons. The zero-order valence-electron chi connectivity index (χ0n) is 11.6. The molecule has 0 saturated carbocycles. The normalized spacial score (nSPS) is 10.5. The van der Waals surface area contributed by atoms with Gasteiger partial charge in [0.05, 0.1) is 0 Å². The summed E-state index contributed by atoms with van der Waals surface area (Å²) in [6, 6.07) is 19.3. The topological polar surface area (TPSA) is 27.7 Å². The number of rotatable bonds is 8. The summed E-state index contributed by atoms with van der Waals surface area (Å²) in [6.45, 7) is 2.79. The van der Waals surface area contributed by atoms with Crippen molar-refractivity contribution in [3.8, 4) is 11.5 Å². The van der Waals surface area contributed by atoms with Gasteiger partial charge in [-0.15, -0.1) is 0 Å². The zero-order chi connectivity index (χ0) is 14.0. The van der Waals surface area contributed by atoms with E-state index in [1.807, 2.05) is 60.7 Å². The Bertz CT molecular complexity index is 434. The maximum atomic E-state index is 5.82. The van der Waals surface area contributed by atoms with E-state index < -0.39 is 9.53 Å². The highest BCUT2D eigenvalue weighted by Crippen LogP contribution is 2.14. The number of para-hydroxylation sites is 2. The van der Waals surface area contributed by atoms with Crippen LogP contribution in [-0.2, 0) is 4.43 Å². The van der Waals surface area contributed by atoms with E-state index in [0.717, 1.165) is 24.3 Å². The molecule has 0 saturated heterocycles. The fourth-order valence-electron chi connectivity index (χ4n) is 1.55. The second-order valence-electron chi connectivity index (χ2n) is 4.28. The summed E-state index contributed by atoms with van der Waals surface area (Å²) in [5.74, 6) is 1.54. The lowest BCUT2D eigenvalue weighted by atomic mass is 10.3. The van der Waals surface area contributed by atoms with Crippen LogP contribution in [0.25, 0.3) is 0 Å². The summed E-state index contributed by atoms with van der Waals surface area (Å²) in [5, 5.41) is 0. The summed E-state index contributed by atoms with van der Waals surface area (Å²) in [4.78, 5) is 0. The minimum Gasteiger partial charge on any atom is -0.489 e. The van der Waals surface area contributed by atoms with Crippen LogP contribution in [0.2, 0.25) is 0 Å². The first-order valence-electron chi connectivity index (χ1n) is 6.84. The lowest BCUT2D eigenvalue weighted by molar-refractivity contribution is 0.198. The van der Waals surface area contributed by atoms with Crippen molar-refractivity contribution in [3.63, 3.8) is 0 Å². The van der Waals surface area contributed by atoms with Gasteiger partial charge in [-0.1, -0.05) is 49.7 Å². The van der Waals surface area contributed by atoms with E-state index in [1.165, 1.54) is 0 Å². The standard InChI is InChI=1S/C16H19O3Si/c1-2-3-14-17-20(18-15-10-6-4-7-11-15)19-16-12-8-5-9-13-16/h4-13H,2-3,14H2,1H3. The molecule has 0 aliphatic carbocycles. The van der Waals surface area contributed by atoms with Gasteiger partial charge in [0, 0.05) is 6.61 Å². The molecule has 2 rings (SSSR count). The number of benzene rings is 2. The molecule has 0 aliphatic rings. The molecule has 0 bridgehead atoms. The molecule has 0 fully saturated rings. The van der Waals surface area contributed by atoms with E-state index in [4.69, 9.17) is 13.3 Å². The molecule has 0 amide bonds. The molecule has 2 aromatic carbocycles. The van der Waals surface area contributed by atoms with E-state index >= 15 is 0 Å². The van der Waals surface area contributed by atoms with Crippen LogP contribution >= 0.6 is 0 Å². The summed E-state index contributed by atoms with van der Waals surface area (Å²) in [6.07, 6.45) is 2.09. The monoisotopic (exact) mass is 287 g/mol. The Hall–Kier alpha value is -1.78. The summed E-state index contributed by atoms with van der Waals surface area (Å²) in [7, 11) is -1.82. The molecule has 0 aromatic heterocycles. The predicted molar refractivity (Wildman–Crippen MR) is 80.8 cm³/mol. The summed E-state index contributed by atoms with van der Waals surface area (Å²) < 4.78 is 17.4. The largest absolute Gasteiger partial charge is 0.736 e. The van der Waals surface area contributed by atoms with Gasteiger partial charge in [-0.2, -0.15) is 0 Å². The minimum absolute atomic E-state index is 0.657. The summed E-state index contributed by atoms with van der Waals surface area (Å²) >= 11 is 0. The Morgan fingerprint density at radius 3 is 1.75 bits per heavy atom. The Morgan fingerprint density at radius 1 is 0.800 bits per heavy atom. The Kier molecular flexibility index (Phi) is 6.14. The van der Waals surface area contributed by atoms with Crippen molar-refractivity contribution in [2.24, 2.45) is 0 Å². The van der Waals surface area contributed by atoms with Gasteiger partial charge in [0.15, 0.2) is 0 Å². The van der Waals surface area contributed by atoms with Crippen molar-refractivity contribution >= 4 is 9.53 Å². The van der Waals surface area contributed by atoms with Crippen LogP contribution in [0.3, 0.4) is 0 Å². The first kappa shape index (κ1) is 14.6. The van der Waals surface area contributed by atoms with Gasteiger partial charge in [-0.05, 0) is 30.7 Å². The van der Waals surface area contributed by atoms with Crippen molar-refractivity contribution in [1.29, 1.82) is 0 Å². The minimum atomic E-state index is -1.82. The van der Waals surface area contributed by atoms with E-state index in [0.29, 0.717) is 6.61 Å². The molecular weight excluding hydrogens is 268 g/mol. The van der Waals surface area contributed by atoms with Crippen LogP contribution in [0.5, 0.6) is 11.5 Å². The van der Waals surface area contributed by atoms with Crippen molar-refractivity contribution < 1.29 is 13.3 Å². The van der Waals surface area contributed by atoms with E-state index in [1.54, 1.807) is 0 Å². The van der Waals surface area contributed by atoms with Gasteiger partial charge >= 0.3 is 9.53 Å². The van der Waals surface area contributed by atoms with Crippen LogP contribution < -0.4 is 8.85 Å². The van der Waals surface area contributed by atoms with E-state index in [2.05, 4.69) is 6.92 Å². The maximum absolute atomic E-state index is 5.82. The average Bonchev–Trinajstić information content (AvgIpc) is 2.49. The van der Waals surface area contributed by atoms with Crippen molar-refractivity contribution in [1.82, 2.24) is 0 Å². The molecule has 0 atom stereocenters. The molecule has 4 heteroatoms. The van der Waals surface area contributed by atoms with Gasteiger partial charge in [0.2, 0.25) is 0 Å². The Balaban J connectivity index is 1.96. The lowest BCUT2D eigenvalue weighted by Gasteiger charge is -2.15. The molecule has 0 aliphatic heterocycles. The molecule has 2 aromatic rings. The van der Waals surface area contributed by atoms with Crippen molar-refractivity contribution in [2.75, 3.05) is 6.61 Å². The SMILES string of the molecule is CCCCO[Si](Oc1ccccc1)Oc1ccccc1. The Morgan fingerprint density at radius 2 is 1.30 bits per heavy atom. The van der Waals surface area contributed by atoms with Crippen LogP contribution in [-0.4, -0.2) is 16.1 Å². The second kappa shape index (κ2) is 8.40. The third-order valence-corrected chi connectivity index (χ3v) is 3.85. The highest BCUT2D eigenvalue weighted by atomic mass is 28.3. The molecule has 20 heavy (non-hydrogen) atoms. The zero-order valence-corrected chi connectivity index (χ0v) is 12.6. The van der Waals surface area contributed by atoms with E-state index in [-0.39, 0.29) is 0 Å². The third-order valence-electron chi connectivity index (χ3n) is 2.61.